The van der Waals surface area contributed by atoms with E-state index in [9.17, 15) is 10.1 Å². The third-order valence-corrected chi connectivity index (χ3v) is 2.58. The van der Waals surface area contributed by atoms with Gasteiger partial charge in [-0.05, 0) is 25.1 Å². The van der Waals surface area contributed by atoms with Crippen LogP contribution >= 0.6 is 0 Å². The van der Waals surface area contributed by atoms with E-state index in [0.29, 0.717) is 17.3 Å². The first kappa shape index (κ1) is 12.7. The molecule has 0 atom stereocenters. The van der Waals surface area contributed by atoms with Crippen molar-refractivity contribution in [3.63, 3.8) is 0 Å². The molecule has 0 unspecified atom stereocenters. The number of fused-ring (bicyclic) bond motifs is 1. The molecule has 0 fully saturated rings. The lowest BCUT2D eigenvalue weighted by molar-refractivity contribution is -0.402. The van der Waals surface area contributed by atoms with Gasteiger partial charge in [0.1, 0.15) is 4.92 Å². The highest BCUT2D eigenvalue weighted by Gasteiger charge is 2.10. The average molecular weight is 287 g/mol. The number of hydrazone groups is 1. The minimum Gasteiger partial charge on any atom is -0.400 e. The summed E-state index contributed by atoms with van der Waals surface area (Å²) in [5.74, 6) is 1.05. The molecule has 3 aromatic rings. The topological polar surface area (TPSA) is 124 Å². The van der Waals surface area contributed by atoms with E-state index in [1.54, 1.807) is 23.6 Å². The van der Waals surface area contributed by atoms with Gasteiger partial charge >= 0.3 is 5.88 Å². The van der Waals surface area contributed by atoms with Gasteiger partial charge in [0, 0.05) is 0 Å². The highest BCUT2D eigenvalue weighted by Crippen LogP contribution is 2.14. The maximum absolute atomic E-state index is 10.5. The van der Waals surface area contributed by atoms with Crippen LogP contribution in [0.15, 0.2) is 33.8 Å². The molecule has 21 heavy (non-hydrogen) atoms. The SMILES string of the molecule is Cc1nnc2ccc(N/N=C\c3ccc([N+](=O)[O-])o3)nn12. The molecule has 0 aliphatic rings. The molecule has 3 rings (SSSR count). The summed E-state index contributed by atoms with van der Waals surface area (Å²) in [5.41, 5.74) is 3.32. The normalized spacial score (nSPS) is 11.3. The Morgan fingerprint density at radius 3 is 3.00 bits per heavy atom. The van der Waals surface area contributed by atoms with E-state index < -0.39 is 4.92 Å². The molecule has 0 aromatic carbocycles. The fraction of sp³-hybridized carbons (Fsp3) is 0.0909. The Kier molecular flexibility index (Phi) is 3.03. The summed E-state index contributed by atoms with van der Waals surface area (Å²) in [6.07, 6.45) is 1.32. The highest BCUT2D eigenvalue weighted by molar-refractivity contribution is 5.76. The zero-order valence-electron chi connectivity index (χ0n) is 10.8. The van der Waals surface area contributed by atoms with Crippen molar-refractivity contribution in [2.45, 2.75) is 6.92 Å². The lowest BCUT2D eigenvalue weighted by atomic mass is 10.5. The van der Waals surface area contributed by atoms with Crippen molar-refractivity contribution < 1.29 is 9.34 Å². The van der Waals surface area contributed by atoms with Crippen molar-refractivity contribution in [2.24, 2.45) is 5.10 Å². The van der Waals surface area contributed by atoms with E-state index in [4.69, 9.17) is 4.42 Å². The monoisotopic (exact) mass is 287 g/mol. The maximum Gasteiger partial charge on any atom is 0.433 e. The molecular weight excluding hydrogens is 278 g/mol. The maximum atomic E-state index is 10.5. The Balaban J connectivity index is 1.74. The van der Waals surface area contributed by atoms with Crippen LogP contribution in [0, 0.1) is 17.0 Å². The molecule has 10 nitrogen and oxygen atoms in total. The van der Waals surface area contributed by atoms with Gasteiger partial charge in [0.05, 0.1) is 12.3 Å². The standard InChI is InChI=1S/C11H9N7O3/c1-7-13-15-10-4-3-9(16-17(7)10)14-12-6-8-2-5-11(21-8)18(19)20/h2-6H,1H3,(H,14,16)/b12-6-. The second-order valence-electron chi connectivity index (χ2n) is 4.04. The van der Waals surface area contributed by atoms with Gasteiger partial charge < -0.3 is 4.42 Å². The number of hydrogen-bond donors (Lipinski definition) is 1. The van der Waals surface area contributed by atoms with Crippen LogP contribution in [-0.4, -0.2) is 30.9 Å². The van der Waals surface area contributed by atoms with Gasteiger partial charge in [-0.15, -0.1) is 15.3 Å². The molecule has 0 bridgehead atoms. The van der Waals surface area contributed by atoms with Crippen molar-refractivity contribution in [1.82, 2.24) is 19.8 Å². The summed E-state index contributed by atoms with van der Waals surface area (Å²) >= 11 is 0. The Labute approximate surface area is 117 Å². The van der Waals surface area contributed by atoms with Gasteiger partial charge in [-0.1, -0.05) is 0 Å². The van der Waals surface area contributed by atoms with E-state index >= 15 is 0 Å². The molecule has 1 N–H and O–H groups in total. The zero-order chi connectivity index (χ0) is 14.8. The number of rotatable bonds is 4. The van der Waals surface area contributed by atoms with E-state index in [1.165, 1.54) is 18.3 Å². The molecule has 0 spiro atoms. The molecule has 0 amide bonds. The van der Waals surface area contributed by atoms with Crippen LogP contribution in [0.25, 0.3) is 5.65 Å². The molecule has 0 aliphatic heterocycles. The second-order valence-corrected chi connectivity index (χ2v) is 4.04. The van der Waals surface area contributed by atoms with Crippen LogP contribution in [0.1, 0.15) is 11.6 Å². The summed E-state index contributed by atoms with van der Waals surface area (Å²) in [6.45, 7) is 1.78. The van der Waals surface area contributed by atoms with E-state index in [-0.39, 0.29) is 11.6 Å². The molecule has 3 heterocycles. The van der Waals surface area contributed by atoms with Gasteiger partial charge in [-0.3, -0.25) is 15.5 Å². The van der Waals surface area contributed by atoms with Crippen LogP contribution in [0.2, 0.25) is 0 Å². The second kappa shape index (κ2) is 5.00. The van der Waals surface area contributed by atoms with E-state index in [0.717, 1.165) is 0 Å². The summed E-state index contributed by atoms with van der Waals surface area (Å²) in [6, 6.07) is 6.13. The van der Waals surface area contributed by atoms with Gasteiger partial charge in [0.2, 0.25) is 0 Å². The van der Waals surface area contributed by atoms with Crippen molar-refractivity contribution in [3.05, 3.63) is 46.0 Å². The minimum absolute atomic E-state index is 0.260. The first-order valence-electron chi connectivity index (χ1n) is 5.86. The number of aryl methyl sites for hydroxylation is 1. The Morgan fingerprint density at radius 2 is 2.24 bits per heavy atom. The van der Waals surface area contributed by atoms with Crippen molar-refractivity contribution >= 4 is 23.6 Å². The van der Waals surface area contributed by atoms with Crippen LogP contribution < -0.4 is 5.43 Å². The molecule has 0 aliphatic carbocycles. The molecular formula is C11H9N7O3. The van der Waals surface area contributed by atoms with Gasteiger partial charge in [-0.25, -0.2) is 0 Å². The zero-order valence-corrected chi connectivity index (χ0v) is 10.8. The predicted molar refractivity (Wildman–Crippen MR) is 72.1 cm³/mol. The molecule has 3 aromatic heterocycles. The third-order valence-electron chi connectivity index (χ3n) is 2.58. The Bertz CT molecular complexity index is 835. The number of anilines is 1. The number of aromatic nitrogens is 4. The van der Waals surface area contributed by atoms with Crippen LogP contribution in [0.5, 0.6) is 0 Å². The summed E-state index contributed by atoms with van der Waals surface area (Å²) in [4.78, 5) is 9.85. The van der Waals surface area contributed by atoms with Crippen molar-refractivity contribution in [1.29, 1.82) is 0 Å². The fourth-order valence-electron chi connectivity index (χ4n) is 1.63. The quantitative estimate of drug-likeness (QED) is 0.436. The largest absolute Gasteiger partial charge is 0.433 e. The number of nitro groups is 1. The molecule has 0 saturated carbocycles. The fourth-order valence-corrected chi connectivity index (χ4v) is 1.63. The molecule has 0 radical (unpaired) electrons. The van der Waals surface area contributed by atoms with Gasteiger partial charge in [0.25, 0.3) is 0 Å². The number of nitrogens with one attached hydrogen (secondary N) is 1. The van der Waals surface area contributed by atoms with E-state index in [1.807, 2.05) is 0 Å². The molecule has 0 saturated heterocycles. The first-order chi connectivity index (χ1) is 10.1. The van der Waals surface area contributed by atoms with Crippen molar-refractivity contribution in [3.8, 4) is 0 Å². The van der Waals surface area contributed by atoms with Crippen LogP contribution in [-0.2, 0) is 0 Å². The Morgan fingerprint density at radius 1 is 1.38 bits per heavy atom. The lowest BCUT2D eigenvalue weighted by Crippen LogP contribution is -1.99. The van der Waals surface area contributed by atoms with Crippen LogP contribution in [0.4, 0.5) is 11.7 Å². The first-order valence-corrected chi connectivity index (χ1v) is 5.86. The average Bonchev–Trinajstić information content (AvgIpc) is 3.07. The summed E-state index contributed by atoms with van der Waals surface area (Å²) < 4.78 is 6.49. The lowest BCUT2D eigenvalue weighted by Gasteiger charge is -1.99. The minimum atomic E-state index is -0.616. The summed E-state index contributed by atoms with van der Waals surface area (Å²) in [7, 11) is 0. The van der Waals surface area contributed by atoms with E-state index in [2.05, 4.69) is 25.8 Å². The highest BCUT2D eigenvalue weighted by atomic mass is 16.6. The number of hydrogen-bond acceptors (Lipinski definition) is 8. The molecule has 10 heteroatoms. The van der Waals surface area contributed by atoms with Gasteiger partial charge in [-0.2, -0.15) is 9.62 Å². The number of furan rings is 1. The molecule has 106 valence electrons. The third kappa shape index (κ3) is 2.54. The van der Waals surface area contributed by atoms with Crippen molar-refractivity contribution in [2.75, 3.05) is 5.43 Å². The summed E-state index contributed by atoms with van der Waals surface area (Å²) in [5, 5.41) is 26.4. The number of nitrogens with zero attached hydrogens (tertiary/aromatic N) is 6. The Hall–Kier alpha value is -3.30. The predicted octanol–water partition coefficient (Wildman–Crippen LogP) is 1.38. The smallest absolute Gasteiger partial charge is 0.400 e. The van der Waals surface area contributed by atoms with Gasteiger partial charge in [0.15, 0.2) is 23.0 Å². The van der Waals surface area contributed by atoms with Crippen LogP contribution in [0.3, 0.4) is 0 Å².